The maximum absolute atomic E-state index is 14.4. The molecule has 1 aliphatic rings. The van der Waals surface area contributed by atoms with Crippen LogP contribution < -0.4 is 0 Å². The van der Waals surface area contributed by atoms with Crippen molar-refractivity contribution in [2.75, 3.05) is 13.6 Å². The maximum Gasteiger partial charge on any atom is 0.471 e. The standard InChI is InChI=1S/C19H23F5N2O3/c1-18(2,3)29-17(28)26-8-7-12(25(4)16(27)19(22,23)24)10-15(26)13-6-5-11(20)9-14(13)21/h5-6,9,12,15H,7-8,10H2,1-4H3/t12?,15-/m0/s1. The summed E-state index contributed by atoms with van der Waals surface area (Å²) in [5.41, 5.74) is -0.905. The van der Waals surface area contributed by atoms with E-state index in [9.17, 15) is 31.5 Å². The van der Waals surface area contributed by atoms with Crippen molar-refractivity contribution < 1.29 is 36.3 Å². The van der Waals surface area contributed by atoms with Gasteiger partial charge < -0.3 is 14.5 Å². The number of carbonyl (C=O) groups is 2. The predicted molar refractivity (Wildman–Crippen MR) is 93.9 cm³/mol. The number of hydrogen-bond acceptors (Lipinski definition) is 3. The third kappa shape index (κ3) is 5.57. The van der Waals surface area contributed by atoms with E-state index in [1.807, 2.05) is 0 Å². The monoisotopic (exact) mass is 422 g/mol. The summed E-state index contributed by atoms with van der Waals surface area (Å²) < 4.78 is 71.4. The van der Waals surface area contributed by atoms with Crippen LogP contribution >= 0.6 is 0 Å². The summed E-state index contributed by atoms with van der Waals surface area (Å²) in [7, 11) is 1.02. The van der Waals surface area contributed by atoms with Gasteiger partial charge in [-0.1, -0.05) is 6.07 Å². The van der Waals surface area contributed by atoms with Crippen molar-refractivity contribution in [1.29, 1.82) is 0 Å². The zero-order valence-corrected chi connectivity index (χ0v) is 16.5. The zero-order valence-electron chi connectivity index (χ0n) is 16.5. The molecule has 5 nitrogen and oxygen atoms in total. The van der Waals surface area contributed by atoms with E-state index in [0.717, 1.165) is 19.2 Å². The quantitative estimate of drug-likeness (QED) is 0.663. The van der Waals surface area contributed by atoms with Crippen LogP contribution in [0, 0.1) is 11.6 Å². The summed E-state index contributed by atoms with van der Waals surface area (Å²) in [5.74, 6) is -3.78. The first-order valence-corrected chi connectivity index (χ1v) is 8.99. The highest BCUT2D eigenvalue weighted by Gasteiger charge is 2.45. The fraction of sp³-hybridized carbons (Fsp3) is 0.579. The Kier molecular flexibility index (Phi) is 6.44. The van der Waals surface area contributed by atoms with E-state index in [2.05, 4.69) is 0 Å². The molecule has 1 fully saturated rings. The number of amides is 2. The van der Waals surface area contributed by atoms with Gasteiger partial charge >= 0.3 is 18.2 Å². The van der Waals surface area contributed by atoms with Crippen molar-refractivity contribution in [3.63, 3.8) is 0 Å². The van der Waals surface area contributed by atoms with Crippen LogP contribution in [0.1, 0.15) is 45.2 Å². The molecule has 10 heteroatoms. The summed E-state index contributed by atoms with van der Waals surface area (Å²) in [5, 5.41) is 0. The second-order valence-electron chi connectivity index (χ2n) is 7.95. The Bertz CT molecular complexity index is 776. The molecule has 29 heavy (non-hydrogen) atoms. The number of rotatable bonds is 2. The summed E-state index contributed by atoms with van der Waals surface area (Å²) in [6.07, 6.45) is -5.92. The lowest BCUT2D eigenvalue weighted by molar-refractivity contribution is -0.187. The van der Waals surface area contributed by atoms with Gasteiger partial charge in [0.15, 0.2) is 0 Å². The molecule has 1 aliphatic heterocycles. The molecular formula is C19H23F5N2O3. The SMILES string of the molecule is CN(C(=O)C(F)(F)F)C1CCN(C(=O)OC(C)(C)C)[C@H](c2ccc(F)cc2F)C1. The van der Waals surface area contributed by atoms with Gasteiger partial charge in [0.25, 0.3) is 0 Å². The smallest absolute Gasteiger partial charge is 0.444 e. The van der Waals surface area contributed by atoms with Crippen molar-refractivity contribution in [2.24, 2.45) is 0 Å². The first-order valence-electron chi connectivity index (χ1n) is 8.99. The normalized spacial score (nSPS) is 20.4. The topological polar surface area (TPSA) is 49.9 Å². The Morgan fingerprint density at radius 3 is 2.31 bits per heavy atom. The second-order valence-corrected chi connectivity index (χ2v) is 7.95. The van der Waals surface area contributed by atoms with Crippen molar-refractivity contribution >= 4 is 12.0 Å². The molecule has 1 saturated heterocycles. The first kappa shape index (κ1) is 22.9. The molecule has 0 aromatic heterocycles. The average molecular weight is 422 g/mol. The van der Waals surface area contributed by atoms with Crippen LogP contribution in [0.15, 0.2) is 18.2 Å². The summed E-state index contributed by atoms with van der Waals surface area (Å²) in [6.45, 7) is 4.86. The van der Waals surface area contributed by atoms with E-state index in [1.165, 1.54) is 4.90 Å². The van der Waals surface area contributed by atoms with E-state index >= 15 is 0 Å². The molecule has 1 aromatic carbocycles. The number of ether oxygens (including phenoxy) is 1. The molecule has 162 valence electrons. The molecule has 2 rings (SSSR count). The van der Waals surface area contributed by atoms with Crippen LogP contribution in [0.5, 0.6) is 0 Å². The lowest BCUT2D eigenvalue weighted by Crippen LogP contribution is -2.52. The maximum atomic E-state index is 14.4. The Morgan fingerprint density at radius 2 is 1.79 bits per heavy atom. The number of benzene rings is 1. The number of hydrogen-bond donors (Lipinski definition) is 0. The number of halogens is 5. The van der Waals surface area contributed by atoms with Gasteiger partial charge in [0.1, 0.15) is 17.2 Å². The Hall–Kier alpha value is -2.39. The summed E-state index contributed by atoms with van der Waals surface area (Å²) in [4.78, 5) is 25.9. The number of likely N-dealkylation sites (tertiary alicyclic amines) is 1. The first-order chi connectivity index (χ1) is 13.2. The number of alkyl halides is 3. The summed E-state index contributed by atoms with van der Waals surface area (Å²) >= 11 is 0. The van der Waals surface area contributed by atoms with E-state index in [0.29, 0.717) is 11.0 Å². The molecule has 1 unspecified atom stereocenters. The predicted octanol–water partition coefficient (Wildman–Crippen LogP) is 4.43. The highest BCUT2D eigenvalue weighted by atomic mass is 19.4. The highest BCUT2D eigenvalue weighted by Crippen LogP contribution is 2.36. The minimum absolute atomic E-state index is 0.0525. The van der Waals surface area contributed by atoms with Gasteiger partial charge in [-0.15, -0.1) is 0 Å². The van der Waals surface area contributed by atoms with Crippen LogP contribution in [0.3, 0.4) is 0 Å². The largest absolute Gasteiger partial charge is 0.471 e. The third-order valence-electron chi connectivity index (χ3n) is 4.63. The molecule has 2 atom stereocenters. The van der Waals surface area contributed by atoms with Gasteiger partial charge in [-0.3, -0.25) is 4.79 Å². The van der Waals surface area contributed by atoms with E-state index in [-0.39, 0.29) is 24.9 Å². The van der Waals surface area contributed by atoms with E-state index in [4.69, 9.17) is 4.74 Å². The molecular weight excluding hydrogens is 399 g/mol. The molecule has 1 heterocycles. The number of nitrogens with zero attached hydrogens (tertiary/aromatic N) is 2. The Balaban J connectivity index is 2.35. The Morgan fingerprint density at radius 1 is 1.17 bits per heavy atom. The van der Waals surface area contributed by atoms with Crippen LogP contribution in [0.25, 0.3) is 0 Å². The minimum atomic E-state index is -5.05. The zero-order chi connectivity index (χ0) is 22.1. The van der Waals surface area contributed by atoms with Crippen LogP contribution in [0.2, 0.25) is 0 Å². The van der Waals surface area contributed by atoms with Crippen LogP contribution in [-0.2, 0) is 9.53 Å². The van der Waals surface area contributed by atoms with Gasteiger partial charge in [0, 0.05) is 31.3 Å². The van der Waals surface area contributed by atoms with Crippen molar-refractivity contribution in [2.45, 2.75) is 57.5 Å². The number of carbonyl (C=O) groups excluding carboxylic acids is 2. The molecule has 0 N–H and O–H groups in total. The fourth-order valence-electron chi connectivity index (χ4n) is 3.27. The minimum Gasteiger partial charge on any atom is -0.444 e. The van der Waals surface area contributed by atoms with Crippen molar-refractivity contribution in [3.05, 3.63) is 35.4 Å². The molecule has 0 spiro atoms. The van der Waals surface area contributed by atoms with Gasteiger partial charge in [0.2, 0.25) is 0 Å². The van der Waals surface area contributed by atoms with Gasteiger partial charge in [-0.05, 0) is 39.7 Å². The van der Waals surface area contributed by atoms with Crippen LogP contribution in [-0.4, -0.2) is 53.2 Å². The van der Waals surface area contributed by atoms with E-state index < -0.39 is 47.5 Å². The van der Waals surface area contributed by atoms with Gasteiger partial charge in [-0.2, -0.15) is 13.2 Å². The van der Waals surface area contributed by atoms with Crippen molar-refractivity contribution in [3.8, 4) is 0 Å². The molecule has 0 radical (unpaired) electrons. The molecule has 0 saturated carbocycles. The second kappa shape index (κ2) is 8.16. The molecule has 2 amide bonds. The van der Waals surface area contributed by atoms with Gasteiger partial charge in [-0.25, -0.2) is 13.6 Å². The highest BCUT2D eigenvalue weighted by molar-refractivity contribution is 5.82. The lowest BCUT2D eigenvalue weighted by Gasteiger charge is -2.43. The molecule has 0 aliphatic carbocycles. The molecule has 0 bridgehead atoms. The van der Waals surface area contributed by atoms with Crippen LogP contribution in [0.4, 0.5) is 26.7 Å². The lowest BCUT2D eigenvalue weighted by atomic mass is 9.90. The summed E-state index contributed by atoms with van der Waals surface area (Å²) in [6, 6.07) is 0.863. The number of piperidine rings is 1. The fourth-order valence-corrected chi connectivity index (χ4v) is 3.27. The third-order valence-corrected chi connectivity index (χ3v) is 4.63. The Labute approximate surface area is 165 Å². The van der Waals surface area contributed by atoms with Crippen molar-refractivity contribution in [1.82, 2.24) is 9.80 Å². The van der Waals surface area contributed by atoms with E-state index in [1.54, 1.807) is 20.8 Å². The average Bonchev–Trinajstić information content (AvgIpc) is 2.57. The van der Waals surface area contributed by atoms with Gasteiger partial charge in [0.05, 0.1) is 6.04 Å². The molecule has 1 aromatic rings.